The lowest BCUT2D eigenvalue weighted by Crippen LogP contribution is -2.23. The highest BCUT2D eigenvalue weighted by atomic mass is 16.5. The maximum absolute atomic E-state index is 5.45. The zero-order chi connectivity index (χ0) is 16.1. The molecule has 1 N–H and O–H groups in total. The topological polar surface area (TPSA) is 63.2 Å². The standard InChI is InChI=1S/C17H23N5O/c1-3-23-17-9-16(19-12-20-17)22-8-7-14(11-22)10-18-15-6-4-5-13(2)21-15/h4-6,9,12,14H,3,7-8,10-11H2,1-2H3,(H,18,21). The van der Waals surface area contributed by atoms with Crippen molar-refractivity contribution in [3.63, 3.8) is 0 Å². The molecule has 2 aromatic heterocycles. The van der Waals surface area contributed by atoms with Crippen LogP contribution in [0.1, 0.15) is 19.0 Å². The normalized spacial score (nSPS) is 17.3. The van der Waals surface area contributed by atoms with Crippen molar-refractivity contribution >= 4 is 11.6 Å². The van der Waals surface area contributed by atoms with Crippen molar-refractivity contribution in [1.82, 2.24) is 15.0 Å². The number of pyridine rings is 1. The molecule has 6 nitrogen and oxygen atoms in total. The molecule has 0 amide bonds. The van der Waals surface area contributed by atoms with Gasteiger partial charge in [0.25, 0.3) is 0 Å². The summed E-state index contributed by atoms with van der Waals surface area (Å²) >= 11 is 0. The lowest BCUT2D eigenvalue weighted by molar-refractivity contribution is 0.326. The highest BCUT2D eigenvalue weighted by molar-refractivity contribution is 5.42. The zero-order valence-corrected chi connectivity index (χ0v) is 13.7. The number of ether oxygens (including phenoxy) is 1. The molecule has 122 valence electrons. The number of nitrogens with one attached hydrogen (secondary N) is 1. The predicted molar refractivity (Wildman–Crippen MR) is 91.0 cm³/mol. The first kappa shape index (κ1) is 15.5. The Morgan fingerprint density at radius 3 is 3.09 bits per heavy atom. The quantitative estimate of drug-likeness (QED) is 0.884. The van der Waals surface area contributed by atoms with E-state index in [-0.39, 0.29) is 0 Å². The van der Waals surface area contributed by atoms with Crippen LogP contribution < -0.4 is 15.0 Å². The van der Waals surface area contributed by atoms with Crippen molar-refractivity contribution in [1.29, 1.82) is 0 Å². The summed E-state index contributed by atoms with van der Waals surface area (Å²) in [6.07, 6.45) is 2.72. The first-order valence-electron chi connectivity index (χ1n) is 8.12. The van der Waals surface area contributed by atoms with Gasteiger partial charge >= 0.3 is 0 Å². The van der Waals surface area contributed by atoms with E-state index in [1.807, 2.05) is 38.1 Å². The molecule has 0 bridgehead atoms. The van der Waals surface area contributed by atoms with Gasteiger partial charge in [-0.3, -0.25) is 0 Å². The highest BCUT2D eigenvalue weighted by Crippen LogP contribution is 2.24. The van der Waals surface area contributed by atoms with Gasteiger partial charge in [0.15, 0.2) is 0 Å². The molecular formula is C17H23N5O. The highest BCUT2D eigenvalue weighted by Gasteiger charge is 2.23. The van der Waals surface area contributed by atoms with Crippen LogP contribution in [0.2, 0.25) is 0 Å². The molecule has 1 fully saturated rings. The lowest BCUT2D eigenvalue weighted by atomic mass is 10.1. The first-order valence-corrected chi connectivity index (χ1v) is 8.12. The third-order valence-corrected chi connectivity index (χ3v) is 3.99. The summed E-state index contributed by atoms with van der Waals surface area (Å²) in [7, 11) is 0. The Bertz CT molecular complexity index is 648. The summed E-state index contributed by atoms with van der Waals surface area (Å²) < 4.78 is 5.45. The van der Waals surface area contributed by atoms with Crippen molar-refractivity contribution in [2.24, 2.45) is 5.92 Å². The number of aryl methyl sites for hydroxylation is 1. The van der Waals surface area contributed by atoms with Gasteiger partial charge in [-0.25, -0.2) is 15.0 Å². The van der Waals surface area contributed by atoms with E-state index in [2.05, 4.69) is 25.2 Å². The van der Waals surface area contributed by atoms with Crippen molar-refractivity contribution in [3.8, 4) is 5.88 Å². The van der Waals surface area contributed by atoms with Crippen LogP contribution in [0.5, 0.6) is 5.88 Å². The molecule has 1 aliphatic rings. The number of hydrogen-bond acceptors (Lipinski definition) is 6. The van der Waals surface area contributed by atoms with Gasteiger partial charge in [0.2, 0.25) is 5.88 Å². The molecule has 3 heterocycles. The second-order valence-electron chi connectivity index (χ2n) is 5.79. The van der Waals surface area contributed by atoms with E-state index in [1.54, 1.807) is 6.33 Å². The van der Waals surface area contributed by atoms with Crippen LogP contribution in [-0.4, -0.2) is 41.2 Å². The first-order chi connectivity index (χ1) is 11.2. The summed E-state index contributed by atoms with van der Waals surface area (Å²) in [5.41, 5.74) is 1.03. The molecular weight excluding hydrogens is 290 g/mol. The van der Waals surface area contributed by atoms with E-state index in [9.17, 15) is 0 Å². The lowest BCUT2D eigenvalue weighted by Gasteiger charge is -2.18. The summed E-state index contributed by atoms with van der Waals surface area (Å²) in [6, 6.07) is 7.97. The SMILES string of the molecule is CCOc1cc(N2CCC(CNc3cccc(C)n3)C2)ncn1. The Morgan fingerprint density at radius 2 is 2.26 bits per heavy atom. The second kappa shape index (κ2) is 7.26. The van der Waals surface area contributed by atoms with Crippen molar-refractivity contribution in [2.75, 3.05) is 36.5 Å². The molecule has 6 heteroatoms. The van der Waals surface area contributed by atoms with E-state index in [4.69, 9.17) is 4.74 Å². The van der Waals surface area contributed by atoms with Gasteiger partial charge < -0.3 is 15.0 Å². The fraction of sp³-hybridized carbons (Fsp3) is 0.471. The Kier molecular flexibility index (Phi) is 4.90. The second-order valence-corrected chi connectivity index (χ2v) is 5.79. The maximum atomic E-state index is 5.45. The Hall–Kier alpha value is -2.37. The Morgan fingerprint density at radius 1 is 1.35 bits per heavy atom. The maximum Gasteiger partial charge on any atom is 0.218 e. The Labute approximate surface area is 136 Å². The van der Waals surface area contributed by atoms with E-state index < -0.39 is 0 Å². The van der Waals surface area contributed by atoms with Gasteiger partial charge in [0.1, 0.15) is 18.0 Å². The molecule has 2 aromatic rings. The van der Waals surface area contributed by atoms with E-state index in [1.165, 1.54) is 0 Å². The van der Waals surface area contributed by atoms with Gasteiger partial charge in [-0.2, -0.15) is 0 Å². The van der Waals surface area contributed by atoms with Gasteiger partial charge in [0.05, 0.1) is 6.61 Å². The number of hydrogen-bond donors (Lipinski definition) is 1. The monoisotopic (exact) mass is 313 g/mol. The van der Waals surface area contributed by atoms with Gasteiger partial charge in [-0.1, -0.05) is 6.07 Å². The molecule has 0 spiro atoms. The summed E-state index contributed by atoms with van der Waals surface area (Å²) in [5.74, 6) is 3.12. The minimum Gasteiger partial charge on any atom is -0.478 e. The Balaban J connectivity index is 1.55. The summed E-state index contributed by atoms with van der Waals surface area (Å²) in [5, 5.41) is 3.44. The third-order valence-electron chi connectivity index (χ3n) is 3.99. The molecule has 1 atom stereocenters. The van der Waals surface area contributed by atoms with Crippen LogP contribution in [0, 0.1) is 12.8 Å². The van der Waals surface area contributed by atoms with Gasteiger partial charge in [-0.15, -0.1) is 0 Å². The fourth-order valence-corrected chi connectivity index (χ4v) is 2.83. The van der Waals surface area contributed by atoms with Gasteiger partial charge in [0, 0.05) is 31.4 Å². The van der Waals surface area contributed by atoms with Crippen LogP contribution in [-0.2, 0) is 0 Å². The summed E-state index contributed by atoms with van der Waals surface area (Å²) in [6.45, 7) is 7.51. The fourth-order valence-electron chi connectivity index (χ4n) is 2.83. The largest absolute Gasteiger partial charge is 0.478 e. The van der Waals surface area contributed by atoms with E-state index in [0.717, 1.165) is 43.4 Å². The average Bonchev–Trinajstić information content (AvgIpc) is 3.03. The van der Waals surface area contributed by atoms with Crippen molar-refractivity contribution < 1.29 is 4.74 Å². The number of nitrogens with zero attached hydrogens (tertiary/aromatic N) is 4. The van der Waals surface area contributed by atoms with E-state index in [0.29, 0.717) is 18.4 Å². The predicted octanol–water partition coefficient (Wildman–Crippen LogP) is 2.52. The molecule has 0 saturated carbocycles. The number of rotatable bonds is 6. The van der Waals surface area contributed by atoms with Crippen molar-refractivity contribution in [2.45, 2.75) is 20.3 Å². The molecule has 3 rings (SSSR count). The third kappa shape index (κ3) is 4.09. The minimum absolute atomic E-state index is 0.586. The zero-order valence-electron chi connectivity index (χ0n) is 13.7. The van der Waals surface area contributed by atoms with Crippen molar-refractivity contribution in [3.05, 3.63) is 36.3 Å². The molecule has 1 unspecified atom stereocenters. The number of aromatic nitrogens is 3. The van der Waals surface area contributed by atoms with Crippen LogP contribution in [0.15, 0.2) is 30.6 Å². The van der Waals surface area contributed by atoms with Crippen LogP contribution in [0.3, 0.4) is 0 Å². The molecule has 1 aliphatic heterocycles. The van der Waals surface area contributed by atoms with E-state index >= 15 is 0 Å². The number of anilines is 2. The molecule has 0 aromatic carbocycles. The van der Waals surface area contributed by atoms with Crippen LogP contribution in [0.25, 0.3) is 0 Å². The molecule has 0 radical (unpaired) electrons. The smallest absolute Gasteiger partial charge is 0.218 e. The minimum atomic E-state index is 0.586. The van der Waals surface area contributed by atoms with Crippen LogP contribution in [0.4, 0.5) is 11.6 Å². The van der Waals surface area contributed by atoms with Gasteiger partial charge in [-0.05, 0) is 38.3 Å². The molecule has 0 aliphatic carbocycles. The molecule has 23 heavy (non-hydrogen) atoms. The summed E-state index contributed by atoms with van der Waals surface area (Å²) in [4.78, 5) is 15.3. The molecule has 1 saturated heterocycles. The van der Waals surface area contributed by atoms with Crippen LogP contribution >= 0.6 is 0 Å². The average molecular weight is 313 g/mol.